The predicted molar refractivity (Wildman–Crippen MR) is 264 cm³/mol. The first-order chi connectivity index (χ1) is 30.8. The van der Waals surface area contributed by atoms with Crippen molar-refractivity contribution in [2.75, 3.05) is 4.90 Å². The van der Waals surface area contributed by atoms with Crippen molar-refractivity contribution in [2.24, 2.45) is 0 Å². The summed E-state index contributed by atoms with van der Waals surface area (Å²) in [7, 11) is 0. The molecule has 0 radical (unpaired) electrons. The summed E-state index contributed by atoms with van der Waals surface area (Å²) < 4.78 is 2.46. The van der Waals surface area contributed by atoms with Crippen molar-refractivity contribution in [2.45, 2.75) is 0 Å². The number of anilines is 3. The first-order valence-corrected chi connectivity index (χ1v) is 21.3. The van der Waals surface area contributed by atoms with Gasteiger partial charge in [-0.05, 0) is 109 Å². The summed E-state index contributed by atoms with van der Waals surface area (Å²) in [6.45, 7) is 0. The first-order valence-electron chi connectivity index (χ1n) is 21.3. The van der Waals surface area contributed by atoms with Crippen LogP contribution in [0.15, 0.2) is 243 Å². The molecule has 0 bridgehead atoms. The fourth-order valence-corrected chi connectivity index (χ4v) is 9.77. The average molecular weight is 789 g/mol. The lowest BCUT2D eigenvalue weighted by molar-refractivity contribution is 1.19. The van der Waals surface area contributed by atoms with Crippen LogP contribution in [0.3, 0.4) is 0 Å². The largest absolute Gasteiger partial charge is 0.310 e. The monoisotopic (exact) mass is 788 g/mol. The molecule has 0 aliphatic carbocycles. The molecule has 2 heteroatoms. The zero-order valence-corrected chi connectivity index (χ0v) is 34.0. The quantitative estimate of drug-likeness (QED) is 0.146. The van der Waals surface area contributed by atoms with E-state index in [1.165, 1.54) is 87.7 Å². The Morgan fingerprint density at radius 3 is 1.44 bits per heavy atom. The van der Waals surface area contributed by atoms with Gasteiger partial charge >= 0.3 is 0 Å². The van der Waals surface area contributed by atoms with Crippen molar-refractivity contribution < 1.29 is 0 Å². The van der Waals surface area contributed by atoms with E-state index in [0.29, 0.717) is 0 Å². The van der Waals surface area contributed by atoms with E-state index in [4.69, 9.17) is 0 Å². The molecule has 0 saturated heterocycles. The minimum absolute atomic E-state index is 1.08. The average Bonchev–Trinajstić information content (AvgIpc) is 3.68. The second-order valence-corrected chi connectivity index (χ2v) is 16.1. The molecule has 62 heavy (non-hydrogen) atoms. The maximum absolute atomic E-state index is 2.46. The molecule has 12 aromatic rings. The van der Waals surface area contributed by atoms with E-state index in [9.17, 15) is 0 Å². The summed E-state index contributed by atoms with van der Waals surface area (Å²) in [5, 5.41) is 9.84. The van der Waals surface area contributed by atoms with E-state index in [2.05, 4.69) is 252 Å². The maximum Gasteiger partial charge on any atom is 0.0562 e. The van der Waals surface area contributed by atoms with Crippen molar-refractivity contribution in [3.8, 4) is 39.1 Å². The van der Waals surface area contributed by atoms with Crippen LogP contribution in [-0.2, 0) is 0 Å². The Hall–Kier alpha value is -8.20. The number of hydrogen-bond donors (Lipinski definition) is 0. The van der Waals surface area contributed by atoms with Gasteiger partial charge in [0.15, 0.2) is 0 Å². The van der Waals surface area contributed by atoms with E-state index in [0.717, 1.165) is 22.6 Å². The molecular weight excluding hydrogens is 749 g/mol. The minimum Gasteiger partial charge on any atom is -0.310 e. The molecule has 0 unspecified atom stereocenters. The fraction of sp³-hybridized carbons (Fsp3) is 0. The highest BCUT2D eigenvalue weighted by Crippen LogP contribution is 2.47. The van der Waals surface area contributed by atoms with Crippen molar-refractivity contribution in [3.63, 3.8) is 0 Å². The molecule has 1 aromatic heterocycles. The molecule has 0 aliphatic heterocycles. The molecule has 0 aliphatic rings. The van der Waals surface area contributed by atoms with Crippen LogP contribution in [0.5, 0.6) is 0 Å². The lowest BCUT2D eigenvalue weighted by Gasteiger charge is -2.27. The smallest absolute Gasteiger partial charge is 0.0562 e. The zero-order valence-electron chi connectivity index (χ0n) is 34.0. The molecule has 0 N–H and O–H groups in total. The van der Waals surface area contributed by atoms with Gasteiger partial charge in [-0.15, -0.1) is 0 Å². The third-order valence-corrected chi connectivity index (χ3v) is 12.5. The summed E-state index contributed by atoms with van der Waals surface area (Å²) in [6, 6.07) is 88.6. The van der Waals surface area contributed by atoms with Crippen molar-refractivity contribution in [3.05, 3.63) is 243 Å². The number of nitrogens with zero attached hydrogens (tertiary/aromatic N) is 2. The van der Waals surface area contributed by atoms with Gasteiger partial charge in [-0.3, -0.25) is 0 Å². The SMILES string of the molecule is c1ccc(-c2ccc(N(c3ccc4c(c3)c(-c3ccccc3)c(-c3ccccc3)c3ccccc34)c3ccc4c5ccccc5n(-c5cccc6ccccc56)c4c3)cc2)cc1. The molecule has 1 heterocycles. The Morgan fingerprint density at radius 2 is 0.726 bits per heavy atom. The van der Waals surface area contributed by atoms with Crippen LogP contribution >= 0.6 is 0 Å². The van der Waals surface area contributed by atoms with Gasteiger partial charge in [-0.1, -0.05) is 194 Å². The molecule has 0 spiro atoms. The highest BCUT2D eigenvalue weighted by Gasteiger charge is 2.22. The first kappa shape index (κ1) is 35.7. The Balaban J connectivity index is 1.15. The molecular formula is C60H40N2. The van der Waals surface area contributed by atoms with Crippen molar-refractivity contribution >= 4 is 71.2 Å². The Bertz CT molecular complexity index is 3600. The van der Waals surface area contributed by atoms with Gasteiger partial charge in [0.05, 0.1) is 16.7 Å². The Morgan fingerprint density at radius 1 is 0.258 bits per heavy atom. The molecule has 0 fully saturated rings. The molecule has 0 saturated carbocycles. The van der Waals surface area contributed by atoms with Gasteiger partial charge in [0.2, 0.25) is 0 Å². The molecule has 0 atom stereocenters. The Kier molecular flexibility index (Phi) is 8.53. The van der Waals surface area contributed by atoms with E-state index < -0.39 is 0 Å². The van der Waals surface area contributed by atoms with Gasteiger partial charge in [0, 0.05) is 33.2 Å². The number of para-hydroxylation sites is 1. The second kappa shape index (κ2) is 14.8. The van der Waals surface area contributed by atoms with Gasteiger partial charge in [-0.25, -0.2) is 0 Å². The lowest BCUT2D eigenvalue weighted by Crippen LogP contribution is -2.10. The third-order valence-electron chi connectivity index (χ3n) is 12.5. The Labute approximate surface area is 360 Å². The van der Waals surface area contributed by atoms with E-state index in [1.54, 1.807) is 0 Å². The normalized spacial score (nSPS) is 11.5. The van der Waals surface area contributed by atoms with Crippen LogP contribution in [0.1, 0.15) is 0 Å². The number of aromatic nitrogens is 1. The molecule has 12 rings (SSSR count). The molecule has 2 nitrogen and oxygen atoms in total. The van der Waals surface area contributed by atoms with Crippen LogP contribution in [0.25, 0.3) is 93.2 Å². The van der Waals surface area contributed by atoms with Crippen molar-refractivity contribution in [1.29, 1.82) is 0 Å². The van der Waals surface area contributed by atoms with Crippen LogP contribution in [-0.4, -0.2) is 4.57 Å². The van der Waals surface area contributed by atoms with Crippen LogP contribution in [0.4, 0.5) is 17.1 Å². The van der Waals surface area contributed by atoms with Gasteiger partial charge < -0.3 is 9.47 Å². The summed E-state index contributed by atoms with van der Waals surface area (Å²) in [4.78, 5) is 2.44. The predicted octanol–water partition coefficient (Wildman–Crippen LogP) is 16.7. The van der Waals surface area contributed by atoms with Crippen LogP contribution in [0.2, 0.25) is 0 Å². The van der Waals surface area contributed by atoms with Crippen LogP contribution < -0.4 is 4.90 Å². The maximum atomic E-state index is 2.46. The second-order valence-electron chi connectivity index (χ2n) is 16.1. The van der Waals surface area contributed by atoms with Gasteiger partial charge in [-0.2, -0.15) is 0 Å². The standard InChI is InChI=1S/C60H40N2/c1-4-17-41(18-5-1)42-31-33-46(34-32-42)61(48-36-38-53-52-27-14-15-29-57(52)62(58(53)40-48)56-30-16-24-43-19-10-11-25-49(43)56)47-35-37-51-50-26-12-13-28-54(50)59(44-20-6-2-7-21-44)60(55(51)39-47)45-22-8-3-9-23-45/h1-40H. The molecule has 290 valence electrons. The van der Waals surface area contributed by atoms with Gasteiger partial charge in [0.1, 0.15) is 0 Å². The molecule has 0 amide bonds. The minimum atomic E-state index is 1.08. The van der Waals surface area contributed by atoms with E-state index in [-0.39, 0.29) is 0 Å². The highest BCUT2D eigenvalue weighted by molar-refractivity contribution is 6.22. The number of hydrogen-bond acceptors (Lipinski definition) is 1. The third kappa shape index (κ3) is 5.88. The van der Waals surface area contributed by atoms with Crippen molar-refractivity contribution in [1.82, 2.24) is 4.57 Å². The van der Waals surface area contributed by atoms with E-state index >= 15 is 0 Å². The highest BCUT2D eigenvalue weighted by atomic mass is 15.1. The van der Waals surface area contributed by atoms with E-state index in [1.807, 2.05) is 0 Å². The van der Waals surface area contributed by atoms with Crippen LogP contribution in [0, 0.1) is 0 Å². The topological polar surface area (TPSA) is 8.17 Å². The van der Waals surface area contributed by atoms with Gasteiger partial charge in [0.25, 0.3) is 0 Å². The summed E-state index contributed by atoms with van der Waals surface area (Å²) in [6.07, 6.45) is 0. The summed E-state index contributed by atoms with van der Waals surface area (Å²) in [5.74, 6) is 0. The number of benzene rings is 11. The fourth-order valence-electron chi connectivity index (χ4n) is 9.77. The summed E-state index contributed by atoms with van der Waals surface area (Å²) >= 11 is 0. The number of fused-ring (bicyclic) bond motifs is 7. The zero-order chi connectivity index (χ0) is 41.0. The number of rotatable bonds is 7. The summed E-state index contributed by atoms with van der Waals surface area (Å²) in [5.41, 5.74) is 14.0. The molecule has 11 aromatic carbocycles. The lowest BCUT2D eigenvalue weighted by atomic mass is 9.85.